The topological polar surface area (TPSA) is 105 Å². The highest BCUT2D eigenvalue weighted by Crippen LogP contribution is 2.35. The molecule has 3 unspecified atom stereocenters. The number of hydrogen-bond acceptors (Lipinski definition) is 5. The monoisotopic (exact) mass is 256 g/mol. The minimum Gasteiger partial charge on any atom is -0.396 e. The summed E-state index contributed by atoms with van der Waals surface area (Å²) in [7, 11) is 0. The Hall–Kier alpha value is -1.44. The number of rotatable bonds is 4. The highest BCUT2D eigenvalue weighted by atomic mass is 16.5. The van der Waals surface area contributed by atoms with Gasteiger partial charge in [-0.1, -0.05) is 0 Å². The lowest BCUT2D eigenvalue weighted by atomic mass is 10.00. The van der Waals surface area contributed by atoms with Crippen LogP contribution >= 0.6 is 0 Å². The second-order valence-electron chi connectivity index (χ2n) is 4.36. The van der Waals surface area contributed by atoms with E-state index >= 15 is 0 Å². The summed E-state index contributed by atoms with van der Waals surface area (Å²) in [6.45, 7) is -0.142. The number of H-pyrrole nitrogens is 1. The molecule has 3 atom stereocenters. The number of hydrogen-bond donors (Lipinski definition) is 3. The van der Waals surface area contributed by atoms with Crippen molar-refractivity contribution in [3.63, 3.8) is 0 Å². The lowest BCUT2D eigenvalue weighted by Crippen LogP contribution is -2.33. The molecule has 0 amide bonds. The molecule has 2 heterocycles. The average Bonchev–Trinajstić information content (AvgIpc) is 2.73. The fraction of sp³-hybridized carbons (Fsp3) is 0.636. The largest absolute Gasteiger partial charge is 0.396 e. The highest BCUT2D eigenvalue weighted by Gasteiger charge is 2.36. The van der Waals surface area contributed by atoms with E-state index in [0.29, 0.717) is 12.8 Å². The van der Waals surface area contributed by atoms with Crippen LogP contribution in [-0.4, -0.2) is 39.1 Å². The molecule has 1 aromatic rings. The molecule has 1 aromatic heterocycles. The molecule has 0 aromatic carbocycles. The van der Waals surface area contributed by atoms with Crippen molar-refractivity contribution in [2.75, 3.05) is 13.2 Å². The molecule has 0 saturated carbocycles. The minimum atomic E-state index is -0.557. The molecule has 1 fully saturated rings. The number of aromatic nitrogens is 2. The second-order valence-corrected chi connectivity index (χ2v) is 4.36. The number of nitrogens with zero attached hydrogens (tertiary/aromatic N) is 1. The van der Waals surface area contributed by atoms with Gasteiger partial charge in [-0.25, -0.2) is 4.79 Å². The number of ether oxygens (including phenoxy) is 1. The van der Waals surface area contributed by atoms with Gasteiger partial charge >= 0.3 is 5.69 Å². The van der Waals surface area contributed by atoms with Crippen LogP contribution in [0.5, 0.6) is 0 Å². The first-order chi connectivity index (χ1) is 8.65. The van der Waals surface area contributed by atoms with Gasteiger partial charge in [0.2, 0.25) is 0 Å². The quantitative estimate of drug-likeness (QED) is 0.628. The third kappa shape index (κ3) is 2.53. The van der Waals surface area contributed by atoms with E-state index in [1.54, 1.807) is 0 Å². The molecule has 2 rings (SSSR count). The highest BCUT2D eigenvalue weighted by molar-refractivity contribution is 4.88. The smallest absolute Gasteiger partial charge is 0.330 e. The molecule has 1 aliphatic heterocycles. The summed E-state index contributed by atoms with van der Waals surface area (Å²) in [6.07, 6.45) is 1.53. The van der Waals surface area contributed by atoms with Crippen LogP contribution in [-0.2, 0) is 4.74 Å². The van der Waals surface area contributed by atoms with Gasteiger partial charge in [0.25, 0.3) is 5.56 Å². The van der Waals surface area contributed by atoms with E-state index in [2.05, 4.69) is 4.98 Å². The summed E-state index contributed by atoms with van der Waals surface area (Å²) >= 11 is 0. The first-order valence-corrected chi connectivity index (χ1v) is 5.84. The maximum atomic E-state index is 11.7. The van der Waals surface area contributed by atoms with Gasteiger partial charge < -0.3 is 14.9 Å². The third-order valence-electron chi connectivity index (χ3n) is 3.13. The SMILES string of the molecule is O=c1ccn(C2OC(CO)CC2CCO)c(=O)[nH]1. The minimum absolute atomic E-state index is 0.0131. The molecule has 100 valence electrons. The van der Waals surface area contributed by atoms with Gasteiger partial charge in [-0.3, -0.25) is 14.3 Å². The summed E-state index contributed by atoms with van der Waals surface area (Å²) in [5.74, 6) is -0.0595. The Balaban J connectivity index is 2.29. The average molecular weight is 256 g/mol. The van der Waals surface area contributed by atoms with Gasteiger partial charge in [0.1, 0.15) is 6.23 Å². The van der Waals surface area contributed by atoms with E-state index in [-0.39, 0.29) is 25.2 Å². The van der Waals surface area contributed by atoms with Crippen molar-refractivity contribution >= 4 is 0 Å². The molecule has 3 N–H and O–H groups in total. The molecular formula is C11H16N2O5. The Morgan fingerprint density at radius 2 is 2.22 bits per heavy atom. The van der Waals surface area contributed by atoms with Crippen molar-refractivity contribution in [2.45, 2.75) is 25.2 Å². The number of aromatic amines is 1. The van der Waals surface area contributed by atoms with Crippen molar-refractivity contribution in [1.29, 1.82) is 0 Å². The van der Waals surface area contributed by atoms with Crippen LogP contribution < -0.4 is 11.2 Å². The molecule has 1 saturated heterocycles. The molecular weight excluding hydrogens is 240 g/mol. The lowest BCUT2D eigenvalue weighted by Gasteiger charge is -2.19. The lowest BCUT2D eigenvalue weighted by molar-refractivity contribution is -0.0374. The van der Waals surface area contributed by atoms with E-state index in [4.69, 9.17) is 14.9 Å². The van der Waals surface area contributed by atoms with E-state index < -0.39 is 17.5 Å². The third-order valence-corrected chi connectivity index (χ3v) is 3.13. The Kier molecular flexibility index (Phi) is 3.95. The van der Waals surface area contributed by atoms with E-state index in [1.165, 1.54) is 16.8 Å². The van der Waals surface area contributed by atoms with Crippen LogP contribution in [0.2, 0.25) is 0 Å². The van der Waals surface area contributed by atoms with Gasteiger partial charge in [-0.05, 0) is 12.8 Å². The maximum Gasteiger partial charge on any atom is 0.330 e. The molecule has 7 nitrogen and oxygen atoms in total. The van der Waals surface area contributed by atoms with E-state index in [9.17, 15) is 9.59 Å². The van der Waals surface area contributed by atoms with Crippen molar-refractivity contribution in [1.82, 2.24) is 9.55 Å². The molecule has 0 bridgehead atoms. The van der Waals surface area contributed by atoms with Crippen molar-refractivity contribution in [2.24, 2.45) is 5.92 Å². The van der Waals surface area contributed by atoms with E-state index in [1.807, 2.05) is 0 Å². The first kappa shape index (κ1) is 13.0. The fourth-order valence-electron chi connectivity index (χ4n) is 2.28. The van der Waals surface area contributed by atoms with Crippen molar-refractivity contribution in [3.8, 4) is 0 Å². The Morgan fingerprint density at radius 1 is 1.44 bits per heavy atom. The second kappa shape index (κ2) is 5.47. The zero-order valence-electron chi connectivity index (χ0n) is 9.78. The summed E-state index contributed by atoms with van der Waals surface area (Å²) in [4.78, 5) is 24.8. The summed E-state index contributed by atoms with van der Waals surface area (Å²) < 4.78 is 6.85. The van der Waals surface area contributed by atoms with Crippen LogP contribution in [0.3, 0.4) is 0 Å². The van der Waals surface area contributed by atoms with Crippen LogP contribution in [0, 0.1) is 5.92 Å². The Morgan fingerprint density at radius 3 is 2.83 bits per heavy atom. The molecule has 18 heavy (non-hydrogen) atoms. The van der Waals surface area contributed by atoms with Crippen LogP contribution in [0.25, 0.3) is 0 Å². The summed E-state index contributed by atoms with van der Waals surface area (Å²) in [6, 6.07) is 1.24. The van der Waals surface area contributed by atoms with Crippen molar-refractivity contribution < 1.29 is 14.9 Å². The zero-order chi connectivity index (χ0) is 13.1. The van der Waals surface area contributed by atoms with Gasteiger partial charge in [0, 0.05) is 24.8 Å². The zero-order valence-corrected chi connectivity index (χ0v) is 9.78. The van der Waals surface area contributed by atoms with Crippen molar-refractivity contribution in [3.05, 3.63) is 33.1 Å². The predicted molar refractivity (Wildman–Crippen MR) is 62.1 cm³/mol. The molecule has 0 aliphatic carbocycles. The first-order valence-electron chi connectivity index (χ1n) is 5.84. The fourth-order valence-corrected chi connectivity index (χ4v) is 2.28. The number of aliphatic hydroxyl groups excluding tert-OH is 2. The molecule has 0 radical (unpaired) electrons. The van der Waals surface area contributed by atoms with Gasteiger partial charge in [0.15, 0.2) is 0 Å². The Labute approximate surface area is 103 Å². The summed E-state index contributed by atoms with van der Waals surface area (Å²) in [5, 5.41) is 18.1. The van der Waals surface area contributed by atoms with Gasteiger partial charge in [-0.2, -0.15) is 0 Å². The Bertz CT molecular complexity index is 509. The number of nitrogens with one attached hydrogen (secondary N) is 1. The standard InChI is InChI=1S/C11H16N2O5/c14-4-2-7-5-8(6-15)18-10(7)13-3-1-9(16)12-11(13)17/h1,3,7-8,10,14-15H,2,4-6H2,(H,12,16,17). The number of aliphatic hydroxyl groups is 2. The van der Waals surface area contributed by atoms with Gasteiger partial charge in [-0.15, -0.1) is 0 Å². The molecule has 1 aliphatic rings. The molecule has 7 heteroatoms. The summed E-state index contributed by atoms with van der Waals surface area (Å²) in [5.41, 5.74) is -1.01. The van der Waals surface area contributed by atoms with Crippen LogP contribution in [0.4, 0.5) is 0 Å². The normalized spacial score (nSPS) is 27.6. The van der Waals surface area contributed by atoms with E-state index in [0.717, 1.165) is 0 Å². The predicted octanol–water partition coefficient (Wildman–Crippen LogP) is -1.19. The van der Waals surface area contributed by atoms with Crippen LogP contribution in [0.1, 0.15) is 19.1 Å². The van der Waals surface area contributed by atoms with Gasteiger partial charge in [0.05, 0.1) is 12.7 Å². The van der Waals surface area contributed by atoms with Crippen LogP contribution in [0.15, 0.2) is 21.9 Å². The molecule has 0 spiro atoms. The maximum absolute atomic E-state index is 11.7.